The molecule has 0 bridgehead atoms. The summed E-state index contributed by atoms with van der Waals surface area (Å²) in [6.45, 7) is 2.74. The van der Waals surface area contributed by atoms with Gasteiger partial charge in [-0.3, -0.25) is 14.4 Å². The zero-order chi connectivity index (χ0) is 29.3. The molecule has 7 heteroatoms. The molecule has 0 unspecified atom stereocenters. The molecule has 2 saturated heterocycles. The average Bonchev–Trinajstić information content (AvgIpc) is 3.56. The standard InChI is InChI=1S/C36H30N2O5/c1-2-41-31-22-27(18-20-30(31)42-23-24-11-5-3-6-12-24)33-32-34(43-38(33)28-15-7-4-8-16-28)36(40)37(35(32)39)29-19-17-25-13-9-10-14-26(25)21-29/h3-22,32-34H,2,23H2,1H3/t32-,33+,34+/m0/s1. The molecule has 0 N–H and O–H groups in total. The highest BCUT2D eigenvalue weighted by Gasteiger charge is 2.60. The quantitative estimate of drug-likeness (QED) is 0.190. The van der Waals surface area contributed by atoms with Crippen molar-refractivity contribution in [3.8, 4) is 11.5 Å². The number of hydrogen-bond donors (Lipinski definition) is 0. The van der Waals surface area contributed by atoms with Crippen molar-refractivity contribution in [2.24, 2.45) is 5.92 Å². The molecule has 5 aromatic rings. The first kappa shape index (κ1) is 26.7. The highest BCUT2D eigenvalue weighted by molar-refractivity contribution is 6.24. The number of para-hydroxylation sites is 1. The van der Waals surface area contributed by atoms with E-state index in [1.54, 1.807) is 5.06 Å². The molecule has 0 aliphatic carbocycles. The molecule has 2 amide bonds. The van der Waals surface area contributed by atoms with Crippen LogP contribution in [0.5, 0.6) is 11.5 Å². The Bertz CT molecular complexity index is 1790. The van der Waals surface area contributed by atoms with Crippen molar-refractivity contribution in [1.29, 1.82) is 0 Å². The number of hydrogen-bond acceptors (Lipinski definition) is 6. The van der Waals surface area contributed by atoms with Crippen LogP contribution in [0.3, 0.4) is 0 Å². The number of fused-ring (bicyclic) bond motifs is 2. The van der Waals surface area contributed by atoms with Crippen LogP contribution in [0.1, 0.15) is 24.1 Å². The van der Waals surface area contributed by atoms with Gasteiger partial charge in [-0.15, -0.1) is 0 Å². The van der Waals surface area contributed by atoms with E-state index in [-0.39, 0.29) is 11.8 Å². The molecule has 2 aliphatic rings. The van der Waals surface area contributed by atoms with Gasteiger partial charge in [0.05, 0.1) is 24.0 Å². The SMILES string of the molecule is CCOc1cc([C@@H]2[C@@H]3C(=O)N(c4ccc5ccccc5c4)C(=O)[C@@H]3ON2c2ccccc2)ccc1OCc1ccccc1. The Morgan fingerprint density at radius 2 is 1.40 bits per heavy atom. The fourth-order valence-corrected chi connectivity index (χ4v) is 5.95. The lowest BCUT2D eigenvalue weighted by molar-refractivity contribution is -0.126. The van der Waals surface area contributed by atoms with Crippen molar-refractivity contribution in [3.63, 3.8) is 0 Å². The van der Waals surface area contributed by atoms with E-state index in [2.05, 4.69) is 0 Å². The van der Waals surface area contributed by atoms with Crippen molar-refractivity contribution in [3.05, 3.63) is 132 Å². The molecule has 7 nitrogen and oxygen atoms in total. The van der Waals surface area contributed by atoms with Gasteiger partial charge in [0.1, 0.15) is 12.5 Å². The monoisotopic (exact) mass is 570 g/mol. The predicted molar refractivity (Wildman–Crippen MR) is 165 cm³/mol. The van der Waals surface area contributed by atoms with Gasteiger partial charge in [-0.05, 0) is 65.2 Å². The Labute approximate surface area is 249 Å². The van der Waals surface area contributed by atoms with E-state index >= 15 is 0 Å². The molecular formula is C36H30N2O5. The fraction of sp³-hybridized carbons (Fsp3) is 0.167. The molecule has 0 radical (unpaired) electrons. The number of imide groups is 1. The molecule has 43 heavy (non-hydrogen) atoms. The molecule has 0 spiro atoms. The first-order valence-electron chi connectivity index (χ1n) is 14.4. The van der Waals surface area contributed by atoms with E-state index in [0.29, 0.717) is 30.4 Å². The zero-order valence-corrected chi connectivity index (χ0v) is 23.6. The van der Waals surface area contributed by atoms with Crippen LogP contribution in [0.15, 0.2) is 121 Å². The summed E-state index contributed by atoms with van der Waals surface area (Å²) < 4.78 is 12.2. The summed E-state index contributed by atoms with van der Waals surface area (Å²) in [4.78, 5) is 35.6. The molecule has 7 rings (SSSR count). The van der Waals surface area contributed by atoms with Crippen LogP contribution in [0.2, 0.25) is 0 Å². The van der Waals surface area contributed by atoms with E-state index < -0.39 is 18.1 Å². The van der Waals surface area contributed by atoms with Crippen LogP contribution < -0.4 is 19.4 Å². The highest BCUT2D eigenvalue weighted by atomic mass is 16.7. The Kier molecular flexibility index (Phi) is 7.01. The Balaban J connectivity index is 1.26. The minimum atomic E-state index is -0.964. The van der Waals surface area contributed by atoms with Crippen LogP contribution >= 0.6 is 0 Å². The number of nitrogens with zero attached hydrogens (tertiary/aromatic N) is 2. The molecule has 5 aromatic carbocycles. The number of ether oxygens (including phenoxy) is 2. The van der Waals surface area contributed by atoms with Gasteiger partial charge in [0, 0.05) is 0 Å². The number of anilines is 2. The van der Waals surface area contributed by atoms with Gasteiger partial charge in [0.25, 0.3) is 5.91 Å². The summed E-state index contributed by atoms with van der Waals surface area (Å²) >= 11 is 0. The number of carbonyl (C=O) groups excluding carboxylic acids is 2. The summed E-state index contributed by atoms with van der Waals surface area (Å²) in [6, 6.07) is 38.1. The van der Waals surface area contributed by atoms with Gasteiger partial charge in [-0.1, -0.05) is 84.9 Å². The maximum Gasteiger partial charge on any atom is 0.266 e. The second-order valence-electron chi connectivity index (χ2n) is 10.6. The third-order valence-corrected chi connectivity index (χ3v) is 7.96. The normalized spacial score (nSPS) is 19.6. The number of benzene rings is 5. The van der Waals surface area contributed by atoms with Gasteiger partial charge in [-0.2, -0.15) is 0 Å². The maximum absolute atomic E-state index is 14.2. The second-order valence-corrected chi connectivity index (χ2v) is 10.6. The van der Waals surface area contributed by atoms with Crippen LogP contribution in [-0.4, -0.2) is 24.5 Å². The average molecular weight is 571 g/mol. The van der Waals surface area contributed by atoms with Crippen molar-refractivity contribution in [2.75, 3.05) is 16.6 Å². The number of carbonyl (C=O) groups is 2. The van der Waals surface area contributed by atoms with E-state index in [1.807, 2.05) is 128 Å². The van der Waals surface area contributed by atoms with E-state index in [4.69, 9.17) is 14.3 Å². The van der Waals surface area contributed by atoms with Crippen molar-refractivity contribution in [1.82, 2.24) is 0 Å². The fourth-order valence-electron chi connectivity index (χ4n) is 5.95. The highest BCUT2D eigenvalue weighted by Crippen LogP contribution is 2.49. The Morgan fingerprint density at radius 3 is 2.16 bits per heavy atom. The van der Waals surface area contributed by atoms with Crippen molar-refractivity contribution >= 4 is 34.0 Å². The topological polar surface area (TPSA) is 68.3 Å². The summed E-state index contributed by atoms with van der Waals surface area (Å²) in [6.07, 6.45) is -0.964. The Hall–Kier alpha value is -5.14. The molecular weight excluding hydrogens is 540 g/mol. The largest absolute Gasteiger partial charge is 0.490 e. The molecule has 2 heterocycles. The van der Waals surface area contributed by atoms with Crippen LogP contribution in [0.25, 0.3) is 10.8 Å². The number of rotatable bonds is 8. The van der Waals surface area contributed by atoms with E-state index in [1.165, 1.54) is 4.90 Å². The van der Waals surface area contributed by atoms with Gasteiger partial charge in [-0.25, -0.2) is 9.96 Å². The minimum absolute atomic E-state index is 0.295. The second kappa shape index (κ2) is 11.3. The molecule has 2 fully saturated rings. The Morgan fingerprint density at radius 1 is 0.674 bits per heavy atom. The first-order chi connectivity index (χ1) is 21.1. The van der Waals surface area contributed by atoms with E-state index in [0.717, 1.165) is 27.6 Å². The summed E-state index contributed by atoms with van der Waals surface area (Å²) in [5, 5.41) is 3.68. The third-order valence-electron chi connectivity index (χ3n) is 7.96. The lowest BCUT2D eigenvalue weighted by Crippen LogP contribution is -2.37. The summed E-state index contributed by atoms with van der Waals surface area (Å²) in [7, 11) is 0. The summed E-state index contributed by atoms with van der Waals surface area (Å²) in [5.41, 5.74) is 3.12. The van der Waals surface area contributed by atoms with Crippen LogP contribution in [0.4, 0.5) is 11.4 Å². The molecule has 3 atom stereocenters. The van der Waals surface area contributed by atoms with Gasteiger partial charge in [0.15, 0.2) is 17.6 Å². The smallest absolute Gasteiger partial charge is 0.266 e. The molecule has 0 aromatic heterocycles. The van der Waals surface area contributed by atoms with Crippen LogP contribution in [-0.2, 0) is 21.0 Å². The van der Waals surface area contributed by atoms with E-state index in [9.17, 15) is 9.59 Å². The van der Waals surface area contributed by atoms with Crippen molar-refractivity contribution in [2.45, 2.75) is 25.7 Å². The number of hydroxylamine groups is 1. The molecule has 2 aliphatic heterocycles. The van der Waals surface area contributed by atoms with Gasteiger partial charge in [0.2, 0.25) is 5.91 Å². The third kappa shape index (κ3) is 4.87. The van der Waals surface area contributed by atoms with Gasteiger partial charge < -0.3 is 9.47 Å². The molecule has 214 valence electrons. The predicted octanol–water partition coefficient (Wildman–Crippen LogP) is 6.87. The lowest BCUT2D eigenvalue weighted by atomic mass is 9.90. The van der Waals surface area contributed by atoms with Gasteiger partial charge >= 0.3 is 0 Å². The minimum Gasteiger partial charge on any atom is -0.490 e. The van der Waals surface area contributed by atoms with Crippen molar-refractivity contribution < 1.29 is 23.9 Å². The lowest BCUT2D eigenvalue weighted by Gasteiger charge is -2.29. The molecule has 0 saturated carbocycles. The number of amides is 2. The first-order valence-corrected chi connectivity index (χ1v) is 14.4. The summed E-state index contributed by atoms with van der Waals surface area (Å²) in [5.74, 6) is -0.263. The maximum atomic E-state index is 14.2. The zero-order valence-electron chi connectivity index (χ0n) is 23.6. The van der Waals surface area contributed by atoms with Crippen LogP contribution in [0, 0.1) is 5.92 Å².